The summed E-state index contributed by atoms with van der Waals surface area (Å²) < 4.78 is 6.35. The maximum Gasteiger partial charge on any atom is 0.345 e. The van der Waals surface area contributed by atoms with Gasteiger partial charge in [-0.1, -0.05) is 51.3 Å². The van der Waals surface area contributed by atoms with Gasteiger partial charge < -0.3 is 4.42 Å². The first-order valence-electron chi connectivity index (χ1n) is 7.93. The molecule has 4 rings (SSSR count). The van der Waals surface area contributed by atoms with E-state index in [4.69, 9.17) is 27.6 Å². The van der Waals surface area contributed by atoms with Crippen molar-refractivity contribution in [1.29, 1.82) is 0 Å². The minimum Gasteiger partial charge on any atom is -0.421 e. The molecule has 28 heavy (non-hydrogen) atoms. The second-order valence-electron chi connectivity index (χ2n) is 5.71. The number of hydrazone groups is 1. The van der Waals surface area contributed by atoms with Crippen molar-refractivity contribution in [2.24, 2.45) is 5.10 Å². The van der Waals surface area contributed by atoms with Crippen molar-refractivity contribution >= 4 is 72.8 Å². The average molecular weight is 495 g/mol. The second-order valence-corrected chi connectivity index (χ2v) is 8.33. The summed E-state index contributed by atoms with van der Waals surface area (Å²) in [6, 6.07) is 12.6. The van der Waals surface area contributed by atoms with Gasteiger partial charge in [0.15, 0.2) is 5.58 Å². The minimum atomic E-state index is -0.521. The van der Waals surface area contributed by atoms with Gasteiger partial charge >= 0.3 is 5.63 Å². The molecule has 0 aliphatic carbocycles. The van der Waals surface area contributed by atoms with Crippen LogP contribution in [0, 0.1) is 0 Å². The van der Waals surface area contributed by atoms with Crippen LogP contribution in [0.1, 0.15) is 5.56 Å². The zero-order valence-corrected chi connectivity index (χ0v) is 17.9. The molecule has 9 heteroatoms. The van der Waals surface area contributed by atoms with Crippen molar-refractivity contribution in [1.82, 2.24) is 4.98 Å². The molecule has 0 saturated carbocycles. The summed E-state index contributed by atoms with van der Waals surface area (Å²) >= 11 is 16.8. The van der Waals surface area contributed by atoms with Crippen LogP contribution < -0.4 is 11.1 Å². The molecule has 0 spiro atoms. The Bertz CT molecular complexity index is 1250. The lowest BCUT2D eigenvalue weighted by Gasteiger charge is -2.02. The van der Waals surface area contributed by atoms with Gasteiger partial charge in [0.1, 0.15) is 0 Å². The Hall–Kier alpha value is -2.19. The van der Waals surface area contributed by atoms with Crippen molar-refractivity contribution < 1.29 is 4.42 Å². The van der Waals surface area contributed by atoms with Crippen LogP contribution >= 0.6 is 50.5 Å². The van der Waals surface area contributed by atoms with Crippen molar-refractivity contribution in [3.05, 3.63) is 78.3 Å². The zero-order chi connectivity index (χ0) is 19.7. The summed E-state index contributed by atoms with van der Waals surface area (Å²) in [4.78, 5) is 16.8. The van der Waals surface area contributed by atoms with Crippen LogP contribution in [0.25, 0.3) is 22.2 Å². The summed E-state index contributed by atoms with van der Waals surface area (Å²) in [7, 11) is 0. The van der Waals surface area contributed by atoms with Crippen LogP contribution in [0.2, 0.25) is 10.0 Å². The van der Waals surface area contributed by atoms with E-state index in [0.29, 0.717) is 32.4 Å². The van der Waals surface area contributed by atoms with Gasteiger partial charge in [-0.05, 0) is 35.9 Å². The third kappa shape index (κ3) is 4.12. The second kappa shape index (κ2) is 8.05. The summed E-state index contributed by atoms with van der Waals surface area (Å²) in [5.41, 5.74) is 4.39. The number of nitrogens with one attached hydrogen (secondary N) is 1. The van der Waals surface area contributed by atoms with E-state index >= 15 is 0 Å². The van der Waals surface area contributed by atoms with Crippen LogP contribution in [0.4, 0.5) is 5.13 Å². The van der Waals surface area contributed by atoms with Gasteiger partial charge in [0, 0.05) is 20.3 Å². The molecule has 5 nitrogen and oxygen atoms in total. The van der Waals surface area contributed by atoms with Gasteiger partial charge in [-0.2, -0.15) is 5.10 Å². The molecule has 4 aromatic rings. The fourth-order valence-corrected chi connectivity index (χ4v) is 3.97. The summed E-state index contributed by atoms with van der Waals surface area (Å²) in [5, 5.41) is 7.84. The fraction of sp³-hybridized carbons (Fsp3) is 0. The van der Waals surface area contributed by atoms with E-state index in [0.717, 1.165) is 10.0 Å². The first kappa shape index (κ1) is 19.1. The van der Waals surface area contributed by atoms with Crippen molar-refractivity contribution in [2.45, 2.75) is 0 Å². The Morgan fingerprint density at radius 1 is 1.18 bits per heavy atom. The molecule has 0 atom stereocenters. The molecule has 140 valence electrons. The Kier molecular flexibility index (Phi) is 5.50. The van der Waals surface area contributed by atoms with Crippen molar-refractivity contribution in [3.8, 4) is 11.3 Å². The van der Waals surface area contributed by atoms with Crippen molar-refractivity contribution in [2.75, 3.05) is 5.43 Å². The van der Waals surface area contributed by atoms with E-state index in [1.807, 2.05) is 24.3 Å². The summed E-state index contributed by atoms with van der Waals surface area (Å²) in [5.74, 6) is 0. The first-order chi connectivity index (χ1) is 13.5. The van der Waals surface area contributed by atoms with E-state index in [9.17, 15) is 4.79 Å². The monoisotopic (exact) mass is 493 g/mol. The molecule has 2 heterocycles. The molecule has 0 aliphatic heterocycles. The Labute approximate surface area is 181 Å². The summed E-state index contributed by atoms with van der Waals surface area (Å²) in [6.45, 7) is 0. The molecule has 0 fully saturated rings. The van der Waals surface area contributed by atoms with Gasteiger partial charge in [0.2, 0.25) is 5.13 Å². The molecular formula is C19H10BrCl2N3O2S. The Morgan fingerprint density at radius 2 is 1.96 bits per heavy atom. The maximum atomic E-state index is 12.4. The average Bonchev–Trinajstić information content (AvgIpc) is 3.12. The SMILES string of the molecule is O=c1oc2c(Cl)cc(Cl)cc2cc1-c1csc(NN=Cc2ccc(Br)cc2)n1. The number of nitrogens with zero attached hydrogens (tertiary/aromatic N) is 2. The van der Waals surface area contributed by atoms with Crippen LogP contribution in [-0.4, -0.2) is 11.2 Å². The molecule has 0 saturated heterocycles. The number of benzene rings is 2. The quantitative estimate of drug-likeness (QED) is 0.201. The Morgan fingerprint density at radius 3 is 2.75 bits per heavy atom. The highest BCUT2D eigenvalue weighted by Gasteiger charge is 2.13. The van der Waals surface area contributed by atoms with Crippen LogP contribution in [0.3, 0.4) is 0 Å². The largest absolute Gasteiger partial charge is 0.421 e. The predicted molar refractivity (Wildman–Crippen MR) is 119 cm³/mol. The van der Waals surface area contributed by atoms with E-state index < -0.39 is 5.63 Å². The normalized spacial score (nSPS) is 11.4. The zero-order valence-electron chi connectivity index (χ0n) is 13.9. The molecule has 2 aromatic heterocycles. The third-order valence-corrected chi connectivity index (χ3v) is 5.55. The van der Waals surface area contributed by atoms with Gasteiger partial charge in [0.25, 0.3) is 0 Å². The van der Waals surface area contributed by atoms with Gasteiger partial charge in [-0.3, -0.25) is 5.43 Å². The fourth-order valence-electron chi connectivity index (χ4n) is 2.50. The molecule has 0 amide bonds. The van der Waals surface area contributed by atoms with Crippen LogP contribution in [0.15, 0.2) is 66.6 Å². The molecular weight excluding hydrogens is 485 g/mol. The maximum absolute atomic E-state index is 12.4. The number of thiazole rings is 1. The van der Waals surface area contributed by atoms with E-state index in [1.54, 1.807) is 23.7 Å². The van der Waals surface area contributed by atoms with E-state index in [-0.39, 0.29) is 5.02 Å². The lowest BCUT2D eigenvalue weighted by Crippen LogP contribution is -2.03. The number of fused-ring (bicyclic) bond motifs is 1. The van der Waals surface area contributed by atoms with Crippen LogP contribution in [-0.2, 0) is 0 Å². The number of hydrogen-bond donors (Lipinski definition) is 1. The highest BCUT2D eigenvalue weighted by atomic mass is 79.9. The molecule has 0 radical (unpaired) electrons. The minimum absolute atomic E-state index is 0.286. The van der Waals surface area contributed by atoms with Gasteiger partial charge in [-0.15, -0.1) is 11.3 Å². The molecule has 0 aliphatic rings. The smallest absolute Gasteiger partial charge is 0.345 e. The Balaban J connectivity index is 1.59. The van der Waals surface area contributed by atoms with Gasteiger partial charge in [-0.25, -0.2) is 9.78 Å². The lowest BCUT2D eigenvalue weighted by atomic mass is 10.1. The van der Waals surface area contributed by atoms with Gasteiger partial charge in [0.05, 0.1) is 22.5 Å². The highest BCUT2D eigenvalue weighted by molar-refractivity contribution is 9.10. The number of rotatable bonds is 4. The predicted octanol–water partition coefficient (Wildman–Crippen LogP) is 6.43. The lowest BCUT2D eigenvalue weighted by molar-refractivity contribution is 0.563. The molecule has 0 bridgehead atoms. The third-order valence-electron chi connectivity index (χ3n) is 3.78. The topological polar surface area (TPSA) is 67.5 Å². The van der Waals surface area contributed by atoms with E-state index in [1.165, 1.54) is 17.4 Å². The number of halogens is 3. The number of hydrogen-bond acceptors (Lipinski definition) is 6. The van der Waals surface area contributed by atoms with Crippen LogP contribution in [0.5, 0.6) is 0 Å². The number of anilines is 1. The standard InChI is InChI=1S/C19H10BrCl2N3O2S/c20-12-3-1-10(2-4-12)8-23-25-19-24-16(9-28-19)14-6-11-5-13(21)7-15(22)17(11)27-18(14)26/h1-9H,(H,24,25). The molecule has 0 unspecified atom stereocenters. The summed E-state index contributed by atoms with van der Waals surface area (Å²) in [6.07, 6.45) is 1.68. The molecule has 2 aromatic carbocycles. The first-order valence-corrected chi connectivity index (χ1v) is 10.4. The number of aromatic nitrogens is 1. The van der Waals surface area contributed by atoms with Crippen molar-refractivity contribution in [3.63, 3.8) is 0 Å². The van der Waals surface area contributed by atoms with E-state index in [2.05, 4.69) is 31.4 Å². The highest BCUT2D eigenvalue weighted by Crippen LogP contribution is 2.30. The molecule has 1 N–H and O–H groups in total.